The number of ketones is 1. The van der Waals surface area contributed by atoms with Crippen molar-refractivity contribution in [2.75, 3.05) is 73.0 Å². The van der Waals surface area contributed by atoms with Crippen molar-refractivity contribution in [1.29, 1.82) is 0 Å². The second-order valence-electron chi connectivity index (χ2n) is 20.7. The molecule has 6 aliphatic rings. The fraction of sp³-hybridized carbons (Fsp3) is 0.618. The molecule has 1 aromatic heterocycles. The van der Waals surface area contributed by atoms with Gasteiger partial charge < -0.3 is 64.2 Å². The van der Waals surface area contributed by atoms with Gasteiger partial charge in [-0.2, -0.15) is 0 Å². The normalized spacial score (nSPS) is 29.6. The van der Waals surface area contributed by atoms with Gasteiger partial charge >= 0.3 is 5.97 Å². The van der Waals surface area contributed by atoms with Gasteiger partial charge in [-0.1, -0.05) is 5.57 Å². The topological polar surface area (TPSA) is 238 Å². The molecule has 2 bridgehead atoms. The van der Waals surface area contributed by atoms with Crippen LogP contribution >= 0.6 is 0 Å². The lowest BCUT2D eigenvalue weighted by Crippen LogP contribution is -2.65. The molecule has 7 N–H and O–H groups in total. The molecular weight excluding hydrogens is 913 g/mol. The average Bonchev–Trinajstić information content (AvgIpc) is 4.05. The second kappa shape index (κ2) is 22.2. The standard InChI is InChI=1S/C55H72N2O14/c1-3-68-54(65)53-41(28-62)47-35-20-37(27-61)49(64)39(22-35)38-21-34-11-13-56-45(34)23-32(38)10-9-31(26-60)30-69-51-40-24-46(70-50(40)42(29-63)52(71-53)48(47)51)55(66)43(8-5-17-59)33(7-4-16-58)19-36-25-57(14-6-18-67-2)15-12-44(36)55/h11,13,21,23,28,31,33,36-37,39,43-44,46,56,58-61,63,66H,3-10,12,14-20,22,24-27,29-30H2,1-2H3/b47-35-/t31-,33+,36-,37+,39+,43+,44-,46-,55+/m0/s1. The third kappa shape index (κ3) is 9.48. The van der Waals surface area contributed by atoms with Crippen molar-refractivity contribution >= 4 is 34.5 Å². The number of aromatic nitrogens is 1. The molecule has 3 aromatic rings. The first-order valence-electron chi connectivity index (χ1n) is 26.0. The van der Waals surface area contributed by atoms with Crippen LogP contribution in [0.3, 0.4) is 0 Å². The summed E-state index contributed by atoms with van der Waals surface area (Å²) in [6.07, 6.45) is 7.37. The summed E-state index contributed by atoms with van der Waals surface area (Å²) in [5, 5.41) is 68.8. The molecule has 0 radical (unpaired) electrons. The zero-order chi connectivity index (χ0) is 50.0. The van der Waals surface area contributed by atoms with Gasteiger partial charge in [0, 0.05) is 93.7 Å². The minimum atomic E-state index is -1.46. The van der Waals surface area contributed by atoms with E-state index in [0.717, 1.165) is 54.5 Å². The highest BCUT2D eigenvalue weighted by Gasteiger charge is 2.61. The number of fused-ring (bicyclic) bond motifs is 8. The molecule has 9 rings (SSSR count). The summed E-state index contributed by atoms with van der Waals surface area (Å²) in [6, 6.07) is 5.97. The van der Waals surface area contributed by atoms with Crippen molar-refractivity contribution < 1.29 is 68.7 Å². The number of aryl methyl sites for hydroxylation is 1. The highest BCUT2D eigenvalue weighted by Crippen LogP contribution is 2.60. The van der Waals surface area contributed by atoms with E-state index in [4.69, 9.17) is 23.7 Å². The van der Waals surface area contributed by atoms with Crippen molar-refractivity contribution in [2.24, 2.45) is 35.5 Å². The van der Waals surface area contributed by atoms with Crippen molar-refractivity contribution in [2.45, 2.75) is 108 Å². The Morgan fingerprint density at radius 1 is 1.00 bits per heavy atom. The number of hydrogen-bond donors (Lipinski definition) is 7. The molecular formula is C55H72N2O14. The highest BCUT2D eigenvalue weighted by molar-refractivity contribution is 6.11. The van der Waals surface area contributed by atoms with Crippen LogP contribution in [0.25, 0.3) is 16.5 Å². The summed E-state index contributed by atoms with van der Waals surface area (Å²) in [5.74, 6) is -3.48. The first-order chi connectivity index (χ1) is 34.6. The first kappa shape index (κ1) is 51.3. The van der Waals surface area contributed by atoms with Crippen LogP contribution in [0.2, 0.25) is 0 Å². The number of nitrogens with zero attached hydrogens (tertiary/aromatic N) is 1. The number of carbonyl (C=O) groups is 3. The Bertz CT molecular complexity index is 2510. The number of allylic oxidation sites excluding steroid dienone is 3. The van der Waals surface area contributed by atoms with E-state index in [2.05, 4.69) is 9.88 Å². The maximum atomic E-state index is 14.6. The quantitative estimate of drug-likeness (QED) is 0.0552. The van der Waals surface area contributed by atoms with Gasteiger partial charge in [0.25, 0.3) is 0 Å². The number of nitrogens with one attached hydrogen (secondary N) is 1. The van der Waals surface area contributed by atoms with E-state index in [1.807, 2.05) is 24.4 Å². The van der Waals surface area contributed by atoms with Crippen molar-refractivity contribution in [3.8, 4) is 17.2 Å². The van der Waals surface area contributed by atoms with Crippen molar-refractivity contribution in [1.82, 2.24) is 9.88 Å². The molecule has 3 fully saturated rings. The molecule has 0 unspecified atom stereocenters. The van der Waals surface area contributed by atoms with E-state index >= 15 is 0 Å². The maximum Gasteiger partial charge on any atom is 0.375 e. The number of likely N-dealkylation sites (tertiary alicyclic amines) is 1. The van der Waals surface area contributed by atoms with Crippen LogP contribution in [0.4, 0.5) is 0 Å². The number of ether oxygens (including phenoxy) is 5. The molecule has 0 spiro atoms. The number of aliphatic hydroxyl groups is 6. The Morgan fingerprint density at radius 2 is 1.82 bits per heavy atom. The number of methoxy groups -OCH3 is 1. The Morgan fingerprint density at radius 3 is 2.55 bits per heavy atom. The number of hydrogen-bond acceptors (Lipinski definition) is 15. The molecule has 2 aromatic carbocycles. The van der Waals surface area contributed by atoms with E-state index in [1.165, 1.54) is 0 Å². The largest absolute Gasteiger partial charge is 0.492 e. The molecule has 16 heteroatoms. The van der Waals surface area contributed by atoms with Gasteiger partial charge in [-0.25, -0.2) is 4.79 Å². The van der Waals surface area contributed by atoms with E-state index in [9.17, 15) is 45.0 Å². The van der Waals surface area contributed by atoms with Gasteiger partial charge in [-0.3, -0.25) is 9.59 Å². The number of esters is 1. The average molecular weight is 985 g/mol. The lowest BCUT2D eigenvalue weighted by Gasteiger charge is -2.58. The predicted molar refractivity (Wildman–Crippen MR) is 262 cm³/mol. The van der Waals surface area contributed by atoms with E-state index in [1.54, 1.807) is 14.0 Å². The zero-order valence-electron chi connectivity index (χ0n) is 41.2. The predicted octanol–water partition coefficient (Wildman–Crippen LogP) is 4.70. The number of aromatic amines is 1. The van der Waals surface area contributed by atoms with Crippen LogP contribution in [0, 0.1) is 35.5 Å². The number of rotatable bonds is 17. The van der Waals surface area contributed by atoms with Gasteiger partial charge in [-0.15, -0.1) is 0 Å². The molecule has 0 amide bonds. The van der Waals surface area contributed by atoms with Crippen LogP contribution < -0.4 is 14.2 Å². The van der Waals surface area contributed by atoms with E-state index < -0.39 is 54.4 Å². The molecule has 2 aliphatic carbocycles. The molecule has 4 aliphatic heterocycles. The summed E-state index contributed by atoms with van der Waals surface area (Å²) in [5.41, 5.74) is 2.83. The first-order valence-corrected chi connectivity index (χ1v) is 26.0. The van der Waals surface area contributed by atoms with E-state index in [0.29, 0.717) is 69.0 Å². The zero-order valence-corrected chi connectivity index (χ0v) is 41.2. The molecule has 71 heavy (non-hydrogen) atoms. The third-order valence-corrected chi connectivity index (χ3v) is 16.8. The Kier molecular flexibility index (Phi) is 16.0. The molecule has 16 nitrogen and oxygen atoms in total. The maximum absolute atomic E-state index is 14.6. The van der Waals surface area contributed by atoms with Crippen LogP contribution in [-0.4, -0.2) is 143 Å². The van der Waals surface area contributed by atoms with Gasteiger partial charge in [0.2, 0.25) is 5.76 Å². The second-order valence-corrected chi connectivity index (χ2v) is 20.7. The van der Waals surface area contributed by atoms with Crippen molar-refractivity contribution in [3.63, 3.8) is 0 Å². The van der Waals surface area contributed by atoms with Gasteiger partial charge in [0.05, 0.1) is 43.1 Å². The van der Waals surface area contributed by atoms with Crippen LogP contribution in [0.1, 0.15) is 105 Å². The van der Waals surface area contributed by atoms with Crippen molar-refractivity contribution in [3.05, 3.63) is 69.1 Å². The Balaban J connectivity index is 1.25. The molecule has 2 saturated carbocycles. The highest BCUT2D eigenvalue weighted by atomic mass is 16.6. The van der Waals surface area contributed by atoms with Crippen LogP contribution in [0.15, 0.2) is 41.3 Å². The number of carbonyl (C=O) groups excluding carboxylic acids is 3. The van der Waals surface area contributed by atoms with Gasteiger partial charge in [0.1, 0.15) is 34.7 Å². The monoisotopic (exact) mass is 984 g/mol. The number of Topliss-reactive ketones (excluding diaryl/α,β-unsaturated/α-hetero) is 1. The lowest BCUT2D eigenvalue weighted by molar-refractivity contribution is -0.204. The molecule has 1 saturated heterocycles. The summed E-state index contributed by atoms with van der Waals surface area (Å²) in [6.45, 7) is 3.22. The minimum absolute atomic E-state index is 0.00287. The van der Waals surface area contributed by atoms with Crippen LogP contribution in [-0.2, 0) is 43.3 Å². The molecule has 5 heterocycles. The Labute approximate surface area is 415 Å². The number of H-pyrrole nitrogens is 1. The number of aldehydes is 1. The summed E-state index contributed by atoms with van der Waals surface area (Å²) in [7, 11) is 1.70. The fourth-order valence-corrected chi connectivity index (χ4v) is 13.6. The minimum Gasteiger partial charge on any atom is -0.492 e. The Hall–Kier alpha value is -4.65. The number of piperidine rings is 1. The molecule has 386 valence electrons. The summed E-state index contributed by atoms with van der Waals surface area (Å²) < 4.78 is 31.6. The van der Waals surface area contributed by atoms with Gasteiger partial charge in [0.15, 0.2) is 6.29 Å². The number of benzene rings is 2. The summed E-state index contributed by atoms with van der Waals surface area (Å²) in [4.78, 5) is 48.1. The van der Waals surface area contributed by atoms with Crippen LogP contribution in [0.5, 0.6) is 17.2 Å². The van der Waals surface area contributed by atoms with Gasteiger partial charge in [-0.05, 0) is 142 Å². The molecule has 9 atom stereocenters. The van der Waals surface area contributed by atoms with E-state index in [-0.39, 0.29) is 121 Å². The summed E-state index contributed by atoms with van der Waals surface area (Å²) >= 11 is 0. The SMILES string of the molecule is CCOC(=O)C1=C(C=O)/C2=C3\C[C@H](CO)C(=O)[C@H](C3)c3cc4cc[nH]c4cc3CC[C@@H](CO)COc3c4c(c(CO)c(c32)O1)O[C@H]([C@@]1(O)[C@H](CCCO)[C@H](CCCO)C[C@H]2CN(CCCOC)CC[C@@H]21)C4. The smallest absolute Gasteiger partial charge is 0.375 e. The third-order valence-electron chi connectivity index (χ3n) is 16.8. The number of aliphatic hydroxyl groups excluding tert-OH is 5. The fourth-order valence-electron chi connectivity index (χ4n) is 13.6. The lowest BCUT2D eigenvalue weighted by atomic mass is 9.53.